The van der Waals surface area contributed by atoms with Gasteiger partial charge in [-0.1, -0.05) is 37.1 Å². The van der Waals surface area contributed by atoms with Crippen molar-refractivity contribution in [2.45, 2.75) is 57.0 Å². The average Bonchev–Trinajstić information content (AvgIpc) is 3.62. The molecule has 1 aliphatic heterocycles. The molecule has 1 aliphatic carbocycles. The molecule has 6 nitrogen and oxygen atoms in total. The van der Waals surface area contributed by atoms with Crippen molar-refractivity contribution in [2.24, 2.45) is 0 Å². The van der Waals surface area contributed by atoms with Crippen LogP contribution in [-0.2, 0) is 6.54 Å². The van der Waals surface area contributed by atoms with Crippen molar-refractivity contribution >= 4 is 22.6 Å². The number of benzene rings is 2. The molecule has 2 aromatic heterocycles. The molecule has 0 bridgehead atoms. The summed E-state index contributed by atoms with van der Waals surface area (Å²) >= 11 is 0. The third-order valence-electron chi connectivity index (χ3n) is 8.13. The minimum Gasteiger partial charge on any atom is -0.334 e. The summed E-state index contributed by atoms with van der Waals surface area (Å²) in [5.74, 6) is 0.605. The number of anilines is 1. The van der Waals surface area contributed by atoms with Crippen molar-refractivity contribution in [3.8, 4) is 5.69 Å². The van der Waals surface area contributed by atoms with Crippen molar-refractivity contribution in [3.05, 3.63) is 90.4 Å². The van der Waals surface area contributed by atoms with Crippen molar-refractivity contribution in [3.63, 3.8) is 0 Å². The number of carbonyl (C=O) groups is 1. The number of urea groups is 1. The SMILES string of the molecule is O=C(NCc1cccnc1)Nc1ccc(-n2cc(C3CCN(C4CCCC4)CC3)c3ccccc32)cc1. The first-order valence-corrected chi connectivity index (χ1v) is 13.6. The number of aromatic nitrogens is 2. The van der Waals surface area contributed by atoms with Gasteiger partial charge in [0.2, 0.25) is 0 Å². The molecule has 2 N–H and O–H groups in total. The standard InChI is InChI=1S/C31H35N5O/c37-31(33-21-23-6-5-17-32-20-23)34-25-11-13-27(14-12-25)36-22-29(28-9-3-4-10-30(28)36)24-15-18-35(19-16-24)26-7-1-2-8-26/h3-6,9-14,17,20,22,24,26H,1-2,7-8,15-16,18-19,21H2,(H2,33,34,37). The molecule has 2 fully saturated rings. The van der Waals surface area contributed by atoms with Crippen LogP contribution in [0, 0.1) is 0 Å². The van der Waals surface area contributed by atoms with Crippen molar-refractivity contribution in [1.82, 2.24) is 19.8 Å². The number of nitrogens with one attached hydrogen (secondary N) is 2. The van der Waals surface area contributed by atoms with Crippen LogP contribution in [0.5, 0.6) is 0 Å². The van der Waals surface area contributed by atoms with E-state index in [0.717, 1.165) is 23.0 Å². The molecule has 37 heavy (non-hydrogen) atoms. The van der Waals surface area contributed by atoms with Gasteiger partial charge in [-0.15, -0.1) is 0 Å². The molecule has 2 aromatic carbocycles. The molecular formula is C31H35N5O. The van der Waals surface area contributed by atoms with Gasteiger partial charge < -0.3 is 20.1 Å². The summed E-state index contributed by atoms with van der Waals surface area (Å²) in [6.45, 7) is 2.88. The number of likely N-dealkylation sites (tertiary alicyclic amines) is 1. The number of nitrogens with zero attached hydrogens (tertiary/aromatic N) is 3. The molecule has 0 atom stereocenters. The Balaban J connectivity index is 1.15. The zero-order valence-electron chi connectivity index (χ0n) is 21.3. The summed E-state index contributed by atoms with van der Waals surface area (Å²) in [5.41, 5.74) is 5.55. The largest absolute Gasteiger partial charge is 0.334 e. The van der Waals surface area contributed by atoms with Gasteiger partial charge in [0.05, 0.1) is 5.52 Å². The number of piperidine rings is 1. The Labute approximate surface area is 218 Å². The predicted octanol–water partition coefficient (Wildman–Crippen LogP) is 6.47. The minimum atomic E-state index is -0.228. The summed E-state index contributed by atoms with van der Waals surface area (Å²) in [7, 11) is 0. The Kier molecular flexibility index (Phi) is 6.91. The van der Waals surface area contributed by atoms with Gasteiger partial charge in [0.1, 0.15) is 0 Å². The molecule has 6 heteroatoms. The third kappa shape index (κ3) is 5.25. The van der Waals surface area contributed by atoms with E-state index in [-0.39, 0.29) is 6.03 Å². The van der Waals surface area contributed by atoms with Gasteiger partial charge in [-0.05, 0) is 92.2 Å². The maximum absolute atomic E-state index is 12.3. The van der Waals surface area contributed by atoms with E-state index >= 15 is 0 Å². The van der Waals surface area contributed by atoms with Gasteiger partial charge >= 0.3 is 6.03 Å². The van der Waals surface area contributed by atoms with Gasteiger partial charge in [-0.3, -0.25) is 4.98 Å². The second-order valence-corrected chi connectivity index (χ2v) is 10.4. The summed E-state index contributed by atoms with van der Waals surface area (Å²) in [6, 6.07) is 21.2. The average molecular weight is 494 g/mol. The fraction of sp³-hybridized carbons (Fsp3) is 0.355. The Bertz CT molecular complexity index is 1330. The number of hydrogen-bond acceptors (Lipinski definition) is 3. The van der Waals surface area contributed by atoms with E-state index in [1.54, 1.807) is 12.4 Å². The molecule has 0 unspecified atom stereocenters. The number of rotatable bonds is 6. The fourth-order valence-corrected chi connectivity index (χ4v) is 6.16. The molecule has 3 heterocycles. The van der Waals surface area contributed by atoms with Crippen LogP contribution in [0.1, 0.15) is 55.6 Å². The lowest BCUT2D eigenvalue weighted by molar-refractivity contribution is 0.154. The lowest BCUT2D eigenvalue weighted by Crippen LogP contribution is -2.39. The maximum atomic E-state index is 12.3. The highest BCUT2D eigenvalue weighted by Crippen LogP contribution is 2.37. The van der Waals surface area contributed by atoms with E-state index in [2.05, 4.69) is 67.7 Å². The molecule has 6 rings (SSSR count). The van der Waals surface area contributed by atoms with Gasteiger partial charge in [0.15, 0.2) is 0 Å². The lowest BCUT2D eigenvalue weighted by Gasteiger charge is -2.36. The van der Waals surface area contributed by atoms with Crippen LogP contribution in [0.3, 0.4) is 0 Å². The molecule has 2 amide bonds. The summed E-state index contributed by atoms with van der Waals surface area (Å²) in [6.07, 6.45) is 13.9. The molecule has 4 aromatic rings. The first kappa shape index (κ1) is 23.7. The van der Waals surface area contributed by atoms with E-state index in [9.17, 15) is 4.79 Å². The van der Waals surface area contributed by atoms with Gasteiger partial charge in [0.25, 0.3) is 0 Å². The predicted molar refractivity (Wildman–Crippen MR) is 149 cm³/mol. The van der Waals surface area contributed by atoms with E-state index in [4.69, 9.17) is 0 Å². The first-order valence-electron chi connectivity index (χ1n) is 13.6. The normalized spacial score (nSPS) is 17.3. The van der Waals surface area contributed by atoms with Gasteiger partial charge in [-0.2, -0.15) is 0 Å². The molecule has 2 aliphatic rings. The fourth-order valence-electron chi connectivity index (χ4n) is 6.16. The topological polar surface area (TPSA) is 62.2 Å². The van der Waals surface area contributed by atoms with Crippen LogP contribution in [0.25, 0.3) is 16.6 Å². The Morgan fingerprint density at radius 3 is 2.46 bits per heavy atom. The summed E-state index contributed by atoms with van der Waals surface area (Å²) in [4.78, 5) is 19.2. The highest BCUT2D eigenvalue weighted by Gasteiger charge is 2.29. The number of fused-ring (bicyclic) bond motifs is 1. The summed E-state index contributed by atoms with van der Waals surface area (Å²) < 4.78 is 2.31. The number of amides is 2. The Morgan fingerprint density at radius 1 is 0.919 bits per heavy atom. The molecular weight excluding hydrogens is 458 g/mol. The summed E-state index contributed by atoms with van der Waals surface area (Å²) in [5, 5.41) is 7.17. The number of hydrogen-bond donors (Lipinski definition) is 2. The molecule has 1 saturated heterocycles. The van der Waals surface area contributed by atoms with Gasteiger partial charge in [-0.25, -0.2) is 4.79 Å². The van der Waals surface area contributed by atoms with E-state index < -0.39 is 0 Å². The van der Waals surface area contributed by atoms with Crippen molar-refractivity contribution < 1.29 is 4.79 Å². The number of carbonyl (C=O) groups excluding carboxylic acids is 1. The molecule has 1 saturated carbocycles. The molecule has 0 spiro atoms. The van der Waals surface area contributed by atoms with E-state index in [1.807, 2.05) is 24.3 Å². The Morgan fingerprint density at radius 2 is 1.70 bits per heavy atom. The molecule has 0 radical (unpaired) electrons. The zero-order valence-corrected chi connectivity index (χ0v) is 21.3. The van der Waals surface area contributed by atoms with Crippen LogP contribution in [0.2, 0.25) is 0 Å². The van der Waals surface area contributed by atoms with E-state index in [1.165, 1.54) is 68.1 Å². The smallest absolute Gasteiger partial charge is 0.319 e. The van der Waals surface area contributed by atoms with Crippen LogP contribution in [-0.4, -0.2) is 39.6 Å². The maximum Gasteiger partial charge on any atom is 0.319 e. The van der Waals surface area contributed by atoms with Crippen LogP contribution in [0.15, 0.2) is 79.3 Å². The van der Waals surface area contributed by atoms with Crippen LogP contribution < -0.4 is 10.6 Å². The van der Waals surface area contributed by atoms with Crippen molar-refractivity contribution in [1.29, 1.82) is 0 Å². The second-order valence-electron chi connectivity index (χ2n) is 10.4. The highest BCUT2D eigenvalue weighted by atomic mass is 16.2. The zero-order chi connectivity index (χ0) is 25.0. The Hall–Kier alpha value is -3.64. The number of para-hydroxylation sites is 1. The first-order chi connectivity index (χ1) is 18.2. The third-order valence-corrected chi connectivity index (χ3v) is 8.13. The monoisotopic (exact) mass is 493 g/mol. The lowest BCUT2D eigenvalue weighted by atomic mass is 9.88. The number of pyridine rings is 1. The van der Waals surface area contributed by atoms with Crippen LogP contribution in [0.4, 0.5) is 10.5 Å². The minimum absolute atomic E-state index is 0.228. The highest BCUT2D eigenvalue weighted by molar-refractivity contribution is 5.89. The van der Waals surface area contributed by atoms with E-state index in [0.29, 0.717) is 12.5 Å². The van der Waals surface area contributed by atoms with Gasteiger partial charge in [0, 0.05) is 47.9 Å². The molecule has 190 valence electrons. The second kappa shape index (κ2) is 10.8. The van der Waals surface area contributed by atoms with Crippen LogP contribution >= 0.6 is 0 Å². The van der Waals surface area contributed by atoms with Crippen molar-refractivity contribution in [2.75, 3.05) is 18.4 Å². The quantitative estimate of drug-likeness (QED) is 0.324.